The van der Waals surface area contributed by atoms with Crippen LogP contribution in [-0.2, 0) is 11.3 Å². The van der Waals surface area contributed by atoms with Crippen LogP contribution in [0, 0.1) is 0 Å². The monoisotopic (exact) mass is 290 g/mol. The Kier molecular flexibility index (Phi) is 4.41. The number of amides is 1. The van der Waals surface area contributed by atoms with Crippen molar-refractivity contribution in [2.45, 2.75) is 31.6 Å². The number of fused-ring (bicyclic) bond motifs is 1. The van der Waals surface area contributed by atoms with Crippen molar-refractivity contribution in [2.75, 3.05) is 26.2 Å². The van der Waals surface area contributed by atoms with Crippen molar-refractivity contribution in [1.82, 2.24) is 9.80 Å². The first-order chi connectivity index (χ1) is 10.2. The lowest BCUT2D eigenvalue weighted by Gasteiger charge is -2.28. The Morgan fingerprint density at radius 3 is 2.29 bits per heavy atom. The van der Waals surface area contributed by atoms with Gasteiger partial charge in [-0.1, -0.05) is 30.3 Å². The van der Waals surface area contributed by atoms with Gasteiger partial charge in [-0.2, -0.15) is 0 Å². The molecular weight excluding hydrogens is 268 g/mol. The molecule has 0 aliphatic carbocycles. The Labute approximate surface area is 125 Å². The lowest BCUT2D eigenvalue weighted by atomic mass is 10.1. The van der Waals surface area contributed by atoms with Crippen molar-refractivity contribution >= 4 is 6.09 Å². The Balaban J connectivity index is 0.000000276. The Bertz CT molecular complexity index is 460. The number of ether oxygens (including phenoxy) is 1. The second-order valence-corrected chi connectivity index (χ2v) is 5.87. The number of piperidine rings is 1. The van der Waals surface area contributed by atoms with Gasteiger partial charge in [-0.25, -0.2) is 4.79 Å². The summed E-state index contributed by atoms with van der Waals surface area (Å²) in [6.45, 7) is 4.29. The molecule has 0 bridgehead atoms. The first-order valence-corrected chi connectivity index (χ1v) is 7.60. The molecule has 3 fully saturated rings. The van der Waals surface area contributed by atoms with Gasteiger partial charge in [-0.05, 0) is 18.4 Å². The standard InChI is InChI=1S/C13H17NO3.C3H5N/c15-12-6-8-14(9-7-12)13(16)17-10-11-4-2-1-3-5-11;1-3-2-4(1)3/h1-5,12,15H,6-10H2;3H,1-2H2. The summed E-state index contributed by atoms with van der Waals surface area (Å²) in [5, 5.41) is 9.34. The molecule has 114 valence electrons. The van der Waals surface area contributed by atoms with Crippen molar-refractivity contribution in [3.63, 3.8) is 0 Å². The Morgan fingerprint density at radius 1 is 1.19 bits per heavy atom. The minimum atomic E-state index is -0.291. The molecule has 1 aromatic rings. The quantitative estimate of drug-likeness (QED) is 0.838. The van der Waals surface area contributed by atoms with E-state index in [0.717, 1.165) is 11.6 Å². The summed E-state index contributed by atoms with van der Waals surface area (Å²) in [7, 11) is 0. The molecule has 0 aromatic heterocycles. The maximum atomic E-state index is 11.7. The molecule has 0 saturated carbocycles. The van der Waals surface area contributed by atoms with E-state index < -0.39 is 0 Å². The molecule has 3 aliphatic rings. The topological polar surface area (TPSA) is 52.8 Å². The fourth-order valence-electron chi connectivity index (χ4n) is 2.25. The van der Waals surface area contributed by atoms with Gasteiger partial charge in [0, 0.05) is 32.2 Å². The zero-order chi connectivity index (χ0) is 14.7. The predicted molar refractivity (Wildman–Crippen MR) is 78.8 cm³/mol. The molecule has 3 saturated heterocycles. The summed E-state index contributed by atoms with van der Waals surface area (Å²) >= 11 is 0. The van der Waals surface area contributed by atoms with Crippen LogP contribution >= 0.6 is 0 Å². The first kappa shape index (κ1) is 14.4. The van der Waals surface area contributed by atoms with E-state index in [1.54, 1.807) is 4.90 Å². The summed E-state index contributed by atoms with van der Waals surface area (Å²) in [5.74, 6) is 0. The SMILES string of the molecule is C1C2CN12.O=C(OCc1ccccc1)N1CCC(O)CC1. The number of aliphatic hydroxyl groups is 1. The molecule has 1 N–H and O–H groups in total. The van der Waals surface area contributed by atoms with E-state index in [2.05, 4.69) is 4.90 Å². The van der Waals surface area contributed by atoms with Crippen molar-refractivity contribution in [1.29, 1.82) is 0 Å². The zero-order valence-corrected chi connectivity index (χ0v) is 12.1. The molecule has 4 rings (SSSR count). The smallest absolute Gasteiger partial charge is 0.410 e. The van der Waals surface area contributed by atoms with Gasteiger partial charge in [0.1, 0.15) is 6.61 Å². The Hall–Kier alpha value is -1.59. The van der Waals surface area contributed by atoms with E-state index in [-0.39, 0.29) is 12.2 Å². The molecule has 3 aliphatic heterocycles. The highest BCUT2D eigenvalue weighted by Gasteiger charge is 2.49. The van der Waals surface area contributed by atoms with Crippen molar-refractivity contribution in [2.24, 2.45) is 0 Å². The third-order valence-corrected chi connectivity index (χ3v) is 4.07. The minimum Gasteiger partial charge on any atom is -0.445 e. The van der Waals surface area contributed by atoms with E-state index >= 15 is 0 Å². The van der Waals surface area contributed by atoms with Crippen molar-refractivity contribution in [3.8, 4) is 0 Å². The van der Waals surface area contributed by atoms with Crippen LogP contribution in [-0.4, -0.2) is 59.3 Å². The third kappa shape index (κ3) is 4.44. The second kappa shape index (κ2) is 6.45. The summed E-state index contributed by atoms with van der Waals surface area (Å²) in [5.41, 5.74) is 0.984. The molecule has 0 atom stereocenters. The number of carbonyl (C=O) groups excluding carboxylic acids is 1. The van der Waals surface area contributed by atoms with Gasteiger partial charge in [0.2, 0.25) is 0 Å². The predicted octanol–water partition coefficient (Wildman–Crippen LogP) is 1.46. The average Bonchev–Trinajstić information content (AvgIpc) is 3.39. The highest BCUT2D eigenvalue weighted by molar-refractivity contribution is 5.67. The van der Waals surface area contributed by atoms with Gasteiger partial charge in [0.15, 0.2) is 0 Å². The fourth-order valence-corrected chi connectivity index (χ4v) is 2.25. The van der Waals surface area contributed by atoms with Crippen LogP contribution in [0.5, 0.6) is 0 Å². The van der Waals surface area contributed by atoms with Crippen LogP contribution in [0.1, 0.15) is 18.4 Å². The van der Waals surface area contributed by atoms with Gasteiger partial charge in [-0.3, -0.25) is 4.90 Å². The summed E-state index contributed by atoms with van der Waals surface area (Å²) < 4.78 is 5.21. The summed E-state index contributed by atoms with van der Waals surface area (Å²) in [6.07, 6.45) is 0.717. The van der Waals surface area contributed by atoms with Crippen molar-refractivity contribution in [3.05, 3.63) is 35.9 Å². The fraction of sp³-hybridized carbons (Fsp3) is 0.562. The largest absolute Gasteiger partial charge is 0.445 e. The van der Waals surface area contributed by atoms with E-state index in [9.17, 15) is 9.90 Å². The van der Waals surface area contributed by atoms with Gasteiger partial charge in [0.05, 0.1) is 6.10 Å². The third-order valence-electron chi connectivity index (χ3n) is 4.07. The van der Waals surface area contributed by atoms with E-state index in [4.69, 9.17) is 4.74 Å². The molecule has 0 radical (unpaired) electrons. The van der Waals surface area contributed by atoms with Crippen LogP contribution in [0.3, 0.4) is 0 Å². The van der Waals surface area contributed by atoms with Crippen LogP contribution in [0.15, 0.2) is 30.3 Å². The van der Waals surface area contributed by atoms with Crippen molar-refractivity contribution < 1.29 is 14.6 Å². The zero-order valence-electron chi connectivity index (χ0n) is 12.1. The van der Waals surface area contributed by atoms with Crippen LogP contribution in [0.4, 0.5) is 4.79 Å². The molecule has 5 nitrogen and oxygen atoms in total. The minimum absolute atomic E-state index is 0.270. The normalized spacial score (nSPS) is 26.2. The molecule has 1 amide bonds. The number of nitrogens with zero attached hydrogens (tertiary/aromatic N) is 2. The molecule has 0 unspecified atom stereocenters. The number of rotatable bonds is 2. The van der Waals surface area contributed by atoms with E-state index in [1.807, 2.05) is 30.3 Å². The van der Waals surface area contributed by atoms with Gasteiger partial charge >= 0.3 is 6.09 Å². The molecule has 21 heavy (non-hydrogen) atoms. The lowest BCUT2D eigenvalue weighted by Crippen LogP contribution is -2.40. The summed E-state index contributed by atoms with van der Waals surface area (Å²) in [6, 6.07) is 10.7. The highest BCUT2D eigenvalue weighted by Crippen LogP contribution is 2.32. The van der Waals surface area contributed by atoms with Crippen LogP contribution < -0.4 is 0 Å². The molecule has 3 heterocycles. The number of hydrogen-bond acceptors (Lipinski definition) is 4. The van der Waals surface area contributed by atoms with E-state index in [0.29, 0.717) is 32.5 Å². The number of likely N-dealkylation sites (tertiary alicyclic amines) is 1. The number of aliphatic hydroxyl groups excluding tert-OH is 1. The Morgan fingerprint density at radius 2 is 1.76 bits per heavy atom. The molecule has 1 aromatic carbocycles. The molecule has 0 spiro atoms. The molecular formula is C16H22N2O3. The van der Waals surface area contributed by atoms with Gasteiger partial charge < -0.3 is 14.7 Å². The maximum absolute atomic E-state index is 11.7. The number of benzene rings is 1. The highest BCUT2D eigenvalue weighted by atomic mass is 16.6. The van der Waals surface area contributed by atoms with Gasteiger partial charge in [0.25, 0.3) is 0 Å². The first-order valence-electron chi connectivity index (χ1n) is 7.60. The summed E-state index contributed by atoms with van der Waals surface area (Å²) in [4.78, 5) is 15.8. The number of hydrogen-bond donors (Lipinski definition) is 1. The second-order valence-electron chi connectivity index (χ2n) is 5.87. The maximum Gasteiger partial charge on any atom is 0.410 e. The lowest BCUT2D eigenvalue weighted by molar-refractivity contribution is 0.0560. The molecule has 5 heteroatoms. The van der Waals surface area contributed by atoms with Crippen LogP contribution in [0.25, 0.3) is 0 Å². The van der Waals surface area contributed by atoms with E-state index in [1.165, 1.54) is 13.1 Å². The van der Waals surface area contributed by atoms with Gasteiger partial charge in [-0.15, -0.1) is 0 Å². The average molecular weight is 290 g/mol. The number of carbonyl (C=O) groups is 1. The van der Waals surface area contributed by atoms with Crippen LogP contribution in [0.2, 0.25) is 0 Å².